The molecule has 10 heteroatoms. The fraction of sp³-hybridized carbons (Fsp3) is 0.545. The molecule has 1 saturated carbocycles. The van der Waals surface area contributed by atoms with Gasteiger partial charge in [-0.25, -0.2) is 12.8 Å². The molecule has 0 spiro atoms. The summed E-state index contributed by atoms with van der Waals surface area (Å²) in [5.41, 5.74) is 3.40. The van der Waals surface area contributed by atoms with Crippen molar-refractivity contribution in [3.63, 3.8) is 0 Å². The molecular formula is C33H43F4NO4S. The minimum absolute atomic E-state index is 0.0193. The van der Waals surface area contributed by atoms with Crippen LogP contribution in [0.3, 0.4) is 0 Å². The first-order chi connectivity index (χ1) is 20.2. The lowest BCUT2D eigenvalue weighted by atomic mass is 9.77. The highest BCUT2D eigenvalue weighted by atomic mass is 32.2. The predicted molar refractivity (Wildman–Crippen MR) is 161 cm³/mol. The zero-order valence-corrected chi connectivity index (χ0v) is 25.9. The first-order valence-corrected chi connectivity index (χ1v) is 16.5. The van der Waals surface area contributed by atoms with Crippen molar-refractivity contribution in [1.82, 2.24) is 0 Å². The Balaban J connectivity index is 1.85. The van der Waals surface area contributed by atoms with Crippen molar-refractivity contribution in [2.24, 2.45) is 17.8 Å². The second-order valence-electron chi connectivity index (χ2n) is 11.9. The molecule has 3 rings (SSSR count). The Morgan fingerprint density at radius 2 is 1.74 bits per heavy atom. The molecule has 2 aromatic rings. The SMILES string of the molecule is CCC(C)CC=C(c1cc(NS(=O)(=O)c2ccc(F)cc2)ccc1C)C1CCCCC(CC(=O)CC(O)C(F)(F)F)CC1. The molecule has 0 saturated heterocycles. The number of sulfonamides is 1. The normalized spacial score (nSPS) is 20.1. The van der Waals surface area contributed by atoms with E-state index in [-0.39, 0.29) is 23.2 Å². The number of carbonyl (C=O) groups is 1. The summed E-state index contributed by atoms with van der Waals surface area (Å²) in [6, 6.07) is 10.0. The van der Waals surface area contributed by atoms with Crippen LogP contribution in [-0.2, 0) is 14.8 Å². The van der Waals surface area contributed by atoms with Gasteiger partial charge in [-0.2, -0.15) is 13.2 Å². The Morgan fingerprint density at radius 1 is 1.07 bits per heavy atom. The van der Waals surface area contributed by atoms with Gasteiger partial charge in [0.05, 0.1) is 4.90 Å². The molecule has 238 valence electrons. The molecule has 4 atom stereocenters. The predicted octanol–water partition coefficient (Wildman–Crippen LogP) is 8.61. The number of rotatable bonds is 12. The summed E-state index contributed by atoms with van der Waals surface area (Å²) >= 11 is 0. The van der Waals surface area contributed by atoms with E-state index in [4.69, 9.17) is 0 Å². The van der Waals surface area contributed by atoms with E-state index in [9.17, 15) is 35.9 Å². The van der Waals surface area contributed by atoms with Gasteiger partial charge in [0.15, 0.2) is 6.10 Å². The van der Waals surface area contributed by atoms with Crippen molar-refractivity contribution >= 4 is 27.1 Å². The maximum atomic E-state index is 13.4. The van der Waals surface area contributed by atoms with E-state index >= 15 is 0 Å². The molecule has 43 heavy (non-hydrogen) atoms. The molecule has 1 fully saturated rings. The van der Waals surface area contributed by atoms with Gasteiger partial charge >= 0.3 is 6.18 Å². The molecule has 4 unspecified atom stereocenters. The summed E-state index contributed by atoms with van der Waals surface area (Å²) in [5.74, 6) is -0.588. The summed E-state index contributed by atoms with van der Waals surface area (Å²) in [7, 11) is -3.94. The number of anilines is 1. The smallest absolute Gasteiger partial charge is 0.383 e. The lowest BCUT2D eigenvalue weighted by Crippen LogP contribution is -2.31. The fourth-order valence-corrected chi connectivity index (χ4v) is 6.67. The van der Waals surface area contributed by atoms with Crippen LogP contribution < -0.4 is 4.72 Å². The number of benzene rings is 2. The average Bonchev–Trinajstić information content (AvgIpc) is 2.92. The minimum atomic E-state index is -4.81. The molecule has 0 heterocycles. The van der Waals surface area contributed by atoms with Crippen molar-refractivity contribution in [2.75, 3.05) is 4.72 Å². The number of aryl methyl sites for hydroxylation is 1. The highest BCUT2D eigenvalue weighted by Gasteiger charge is 2.39. The summed E-state index contributed by atoms with van der Waals surface area (Å²) in [5, 5.41) is 9.33. The van der Waals surface area contributed by atoms with Gasteiger partial charge in [0.25, 0.3) is 10.0 Å². The van der Waals surface area contributed by atoms with E-state index in [2.05, 4.69) is 24.6 Å². The summed E-state index contributed by atoms with van der Waals surface area (Å²) < 4.78 is 80.3. The van der Waals surface area contributed by atoms with Gasteiger partial charge in [0.1, 0.15) is 11.6 Å². The number of ketones is 1. The van der Waals surface area contributed by atoms with Crippen molar-refractivity contribution in [1.29, 1.82) is 0 Å². The highest BCUT2D eigenvalue weighted by Crippen LogP contribution is 2.39. The van der Waals surface area contributed by atoms with Crippen LogP contribution in [0.2, 0.25) is 0 Å². The number of alkyl halides is 3. The Hall–Kier alpha value is -2.72. The first kappa shape index (κ1) is 34.8. The number of hydrogen-bond donors (Lipinski definition) is 2. The largest absolute Gasteiger partial charge is 0.414 e. The van der Waals surface area contributed by atoms with Gasteiger partial charge in [0.2, 0.25) is 0 Å². The van der Waals surface area contributed by atoms with Gasteiger partial charge < -0.3 is 5.11 Å². The van der Waals surface area contributed by atoms with Gasteiger partial charge in [-0.15, -0.1) is 0 Å². The zero-order chi connectivity index (χ0) is 31.8. The maximum absolute atomic E-state index is 13.4. The number of halogens is 4. The Kier molecular flexibility index (Phi) is 12.4. The maximum Gasteiger partial charge on any atom is 0.414 e. The van der Waals surface area contributed by atoms with Crippen molar-refractivity contribution in [2.45, 2.75) is 102 Å². The van der Waals surface area contributed by atoms with Crippen LogP contribution in [0.5, 0.6) is 0 Å². The van der Waals surface area contributed by atoms with Crippen LogP contribution in [0.4, 0.5) is 23.2 Å². The second-order valence-corrected chi connectivity index (χ2v) is 13.6. The van der Waals surface area contributed by atoms with Crippen molar-refractivity contribution in [3.05, 3.63) is 65.5 Å². The monoisotopic (exact) mass is 625 g/mol. The fourth-order valence-electron chi connectivity index (χ4n) is 5.62. The molecule has 2 N–H and O–H groups in total. The molecule has 0 amide bonds. The van der Waals surface area contributed by atoms with Crippen molar-refractivity contribution in [3.8, 4) is 0 Å². The van der Waals surface area contributed by atoms with E-state index in [1.807, 2.05) is 19.1 Å². The third-order valence-corrected chi connectivity index (χ3v) is 9.85. The van der Waals surface area contributed by atoms with Crippen LogP contribution in [0.1, 0.15) is 89.2 Å². The van der Waals surface area contributed by atoms with Gasteiger partial charge in [-0.05, 0) is 103 Å². The van der Waals surface area contributed by atoms with Crippen LogP contribution in [0.25, 0.3) is 5.57 Å². The van der Waals surface area contributed by atoms with Crippen LogP contribution >= 0.6 is 0 Å². The standard InChI is InChI=1S/C33H43F4NO4S/c1-4-22(2)9-18-30(25-8-6-5-7-24(11-12-25)19-28(39)21-32(40)33(35,36)37)31-20-27(15-10-23(31)3)38-43(41,42)29-16-13-26(34)14-17-29/h10,13-18,20,22,24-25,32,38,40H,4-9,11-12,19,21H2,1-3H3. The topological polar surface area (TPSA) is 83.5 Å². The van der Waals surface area contributed by atoms with Crippen LogP contribution in [-0.4, -0.2) is 31.6 Å². The zero-order valence-electron chi connectivity index (χ0n) is 25.1. The van der Waals surface area contributed by atoms with Crippen LogP contribution in [0, 0.1) is 30.5 Å². The van der Waals surface area contributed by atoms with Gasteiger partial charge in [-0.1, -0.05) is 51.7 Å². The average molecular weight is 626 g/mol. The van der Waals surface area contributed by atoms with Gasteiger partial charge in [0, 0.05) is 18.5 Å². The molecule has 5 nitrogen and oxygen atoms in total. The Labute approximate surface area is 252 Å². The number of nitrogens with one attached hydrogen (secondary N) is 1. The number of hydrogen-bond acceptors (Lipinski definition) is 4. The summed E-state index contributed by atoms with van der Waals surface area (Å²) in [6.45, 7) is 6.27. The molecule has 0 radical (unpaired) electrons. The Bertz CT molecular complexity index is 1360. The molecular weight excluding hydrogens is 582 g/mol. The van der Waals surface area contributed by atoms with E-state index in [1.54, 1.807) is 6.07 Å². The number of aliphatic hydroxyl groups excluding tert-OH is 1. The molecule has 2 aromatic carbocycles. The highest BCUT2D eigenvalue weighted by molar-refractivity contribution is 7.92. The number of aliphatic hydroxyl groups is 1. The third-order valence-electron chi connectivity index (χ3n) is 8.46. The minimum Gasteiger partial charge on any atom is -0.383 e. The number of Topliss-reactive ketones (excluding diaryl/α,β-unsaturated/α-hetero) is 1. The second kappa shape index (κ2) is 15.3. The summed E-state index contributed by atoms with van der Waals surface area (Å²) in [6.07, 6.45) is 0.577. The Morgan fingerprint density at radius 3 is 2.40 bits per heavy atom. The summed E-state index contributed by atoms with van der Waals surface area (Å²) in [4.78, 5) is 12.3. The lowest BCUT2D eigenvalue weighted by molar-refractivity contribution is -0.205. The quantitative estimate of drug-likeness (QED) is 0.231. The van der Waals surface area contributed by atoms with E-state index < -0.39 is 40.3 Å². The van der Waals surface area contributed by atoms with E-state index in [0.717, 1.165) is 73.8 Å². The van der Waals surface area contributed by atoms with Gasteiger partial charge in [-0.3, -0.25) is 9.52 Å². The van der Waals surface area contributed by atoms with E-state index in [0.29, 0.717) is 18.0 Å². The molecule has 0 aliphatic heterocycles. The number of allylic oxidation sites excluding steroid dienone is 2. The molecule has 0 bridgehead atoms. The van der Waals surface area contributed by atoms with E-state index in [1.165, 1.54) is 12.1 Å². The molecule has 1 aliphatic carbocycles. The molecule has 1 aliphatic rings. The molecule has 0 aromatic heterocycles. The number of carbonyl (C=O) groups excluding carboxylic acids is 1. The third kappa shape index (κ3) is 10.4. The van der Waals surface area contributed by atoms with Crippen molar-refractivity contribution < 1.29 is 35.9 Å². The lowest BCUT2D eigenvalue weighted by Gasteiger charge is -2.28. The first-order valence-electron chi connectivity index (χ1n) is 15.1. The van der Waals surface area contributed by atoms with Crippen LogP contribution in [0.15, 0.2) is 53.4 Å².